The topological polar surface area (TPSA) is 102 Å². The van der Waals surface area contributed by atoms with Crippen LogP contribution in [0.4, 0.5) is 5.95 Å². The van der Waals surface area contributed by atoms with Gasteiger partial charge in [-0.2, -0.15) is 0 Å². The molecule has 8 heteroatoms. The summed E-state index contributed by atoms with van der Waals surface area (Å²) in [5.41, 5.74) is 1.77. The van der Waals surface area contributed by atoms with Crippen LogP contribution in [0, 0.1) is 19.8 Å². The first-order valence-corrected chi connectivity index (χ1v) is 9.93. The number of anilines is 1. The molecule has 1 saturated carbocycles. The van der Waals surface area contributed by atoms with Crippen LogP contribution < -0.4 is 10.6 Å². The van der Waals surface area contributed by atoms with Crippen LogP contribution in [0.1, 0.15) is 49.6 Å². The number of carbonyl (C=O) groups is 1. The Balaban J connectivity index is 1.58. The van der Waals surface area contributed by atoms with Gasteiger partial charge in [-0.15, -0.1) is 0 Å². The maximum Gasteiger partial charge on any atom is 0.223 e. The van der Waals surface area contributed by atoms with Crippen molar-refractivity contribution in [2.24, 2.45) is 5.92 Å². The molecule has 0 unspecified atom stereocenters. The van der Waals surface area contributed by atoms with Crippen molar-refractivity contribution < 1.29 is 14.1 Å². The van der Waals surface area contributed by atoms with Crippen molar-refractivity contribution in [1.82, 2.24) is 20.4 Å². The minimum absolute atomic E-state index is 0.0488. The molecule has 0 spiro atoms. The number of rotatable bonds is 8. The summed E-state index contributed by atoms with van der Waals surface area (Å²) in [4.78, 5) is 21.2. The van der Waals surface area contributed by atoms with Crippen LogP contribution in [0.25, 0.3) is 0 Å². The second-order valence-corrected chi connectivity index (χ2v) is 7.26. The van der Waals surface area contributed by atoms with E-state index in [4.69, 9.17) is 9.26 Å². The maximum absolute atomic E-state index is 12.7. The molecular weight excluding hydrogens is 358 g/mol. The first kappa shape index (κ1) is 20.3. The molecule has 152 valence electrons. The number of amides is 1. The number of hydrogen-bond donors (Lipinski definition) is 2. The molecule has 0 bridgehead atoms. The standard InChI is InChI=1S/C20H29N5O3/c1-4-10-27-18-11-15(6-7-17(18)24-20-21-8-5-9-22-20)19(26)23-12-16-13(2)25-28-14(16)3/h5,8-9,15,17-18H,4,6-7,10-12H2,1-3H3,(H,23,26)(H,21,22,24)/t15-,17+,18+/m0/s1. The van der Waals surface area contributed by atoms with Crippen molar-refractivity contribution in [3.63, 3.8) is 0 Å². The van der Waals surface area contributed by atoms with Gasteiger partial charge in [0.15, 0.2) is 0 Å². The van der Waals surface area contributed by atoms with E-state index in [1.807, 2.05) is 13.8 Å². The maximum atomic E-state index is 12.7. The molecular formula is C20H29N5O3. The Morgan fingerprint density at radius 2 is 2.07 bits per heavy atom. The van der Waals surface area contributed by atoms with Crippen LogP contribution in [0.3, 0.4) is 0 Å². The van der Waals surface area contributed by atoms with E-state index in [2.05, 4.69) is 32.7 Å². The normalized spacial score (nSPS) is 22.0. The minimum atomic E-state index is -0.0722. The van der Waals surface area contributed by atoms with Gasteiger partial charge < -0.3 is 19.9 Å². The summed E-state index contributed by atoms with van der Waals surface area (Å²) < 4.78 is 11.2. The molecule has 2 aromatic rings. The van der Waals surface area contributed by atoms with Gasteiger partial charge in [-0.3, -0.25) is 4.79 Å². The predicted octanol–water partition coefficient (Wildman–Crippen LogP) is 2.77. The highest BCUT2D eigenvalue weighted by molar-refractivity contribution is 5.78. The fourth-order valence-corrected chi connectivity index (χ4v) is 3.60. The first-order valence-electron chi connectivity index (χ1n) is 9.93. The van der Waals surface area contributed by atoms with E-state index in [1.165, 1.54) is 0 Å². The van der Waals surface area contributed by atoms with Crippen LogP contribution in [-0.4, -0.2) is 39.8 Å². The number of carbonyl (C=O) groups excluding carboxylic acids is 1. The lowest BCUT2D eigenvalue weighted by molar-refractivity contribution is -0.128. The molecule has 8 nitrogen and oxygen atoms in total. The summed E-state index contributed by atoms with van der Waals surface area (Å²) in [5, 5.41) is 10.3. The van der Waals surface area contributed by atoms with Gasteiger partial charge >= 0.3 is 0 Å². The van der Waals surface area contributed by atoms with Crippen molar-refractivity contribution in [3.05, 3.63) is 35.5 Å². The van der Waals surface area contributed by atoms with Crippen molar-refractivity contribution >= 4 is 11.9 Å². The van der Waals surface area contributed by atoms with Gasteiger partial charge in [-0.25, -0.2) is 9.97 Å². The van der Waals surface area contributed by atoms with Crippen LogP contribution in [0.2, 0.25) is 0 Å². The first-order chi connectivity index (χ1) is 13.6. The molecule has 2 aromatic heterocycles. The summed E-state index contributed by atoms with van der Waals surface area (Å²) in [6.07, 6.45) is 6.62. The Hall–Kier alpha value is -2.48. The third-order valence-electron chi connectivity index (χ3n) is 5.20. The molecule has 1 aliphatic carbocycles. The molecule has 28 heavy (non-hydrogen) atoms. The number of hydrogen-bond acceptors (Lipinski definition) is 7. The molecule has 1 fully saturated rings. The van der Waals surface area contributed by atoms with E-state index in [0.29, 0.717) is 25.5 Å². The largest absolute Gasteiger partial charge is 0.376 e. The van der Waals surface area contributed by atoms with E-state index in [9.17, 15) is 4.79 Å². The SMILES string of the molecule is CCCO[C@@H]1C[C@@H](C(=O)NCc2c(C)noc2C)CC[C@H]1Nc1ncccn1. The van der Waals surface area contributed by atoms with Crippen LogP contribution >= 0.6 is 0 Å². The zero-order valence-electron chi connectivity index (χ0n) is 16.8. The Kier molecular flexibility index (Phi) is 6.97. The highest BCUT2D eigenvalue weighted by Gasteiger charge is 2.35. The second-order valence-electron chi connectivity index (χ2n) is 7.26. The number of aromatic nitrogens is 3. The quantitative estimate of drug-likeness (QED) is 0.718. The average Bonchev–Trinajstić information content (AvgIpc) is 3.03. The van der Waals surface area contributed by atoms with Crippen LogP contribution in [0.15, 0.2) is 23.0 Å². The summed E-state index contributed by atoms with van der Waals surface area (Å²) in [5.74, 6) is 1.33. The van der Waals surface area contributed by atoms with Crippen molar-refractivity contribution in [2.45, 2.75) is 65.1 Å². The molecule has 3 atom stereocenters. The van der Waals surface area contributed by atoms with E-state index in [-0.39, 0.29) is 24.0 Å². The molecule has 1 aliphatic rings. The third-order valence-corrected chi connectivity index (χ3v) is 5.20. The number of nitrogens with zero attached hydrogens (tertiary/aromatic N) is 3. The van der Waals surface area contributed by atoms with Crippen molar-refractivity contribution in [2.75, 3.05) is 11.9 Å². The van der Waals surface area contributed by atoms with Crippen molar-refractivity contribution in [3.8, 4) is 0 Å². The molecule has 3 rings (SSSR count). The average molecular weight is 387 g/mol. The number of aryl methyl sites for hydroxylation is 2. The Morgan fingerprint density at radius 3 is 2.75 bits per heavy atom. The summed E-state index contributed by atoms with van der Waals surface area (Å²) >= 11 is 0. The minimum Gasteiger partial charge on any atom is -0.376 e. The molecule has 2 N–H and O–H groups in total. The van der Waals surface area contributed by atoms with E-state index < -0.39 is 0 Å². The van der Waals surface area contributed by atoms with Crippen molar-refractivity contribution in [1.29, 1.82) is 0 Å². The third kappa shape index (κ3) is 5.07. The Labute approximate surface area is 165 Å². The molecule has 2 heterocycles. The van der Waals surface area contributed by atoms with Gasteiger partial charge in [-0.05, 0) is 45.6 Å². The highest BCUT2D eigenvalue weighted by atomic mass is 16.5. The predicted molar refractivity (Wildman–Crippen MR) is 105 cm³/mol. The van der Waals surface area contributed by atoms with E-state index >= 15 is 0 Å². The van der Waals surface area contributed by atoms with E-state index in [0.717, 1.165) is 36.3 Å². The smallest absolute Gasteiger partial charge is 0.223 e. The van der Waals surface area contributed by atoms with Gasteiger partial charge in [-0.1, -0.05) is 12.1 Å². The van der Waals surface area contributed by atoms with Gasteiger partial charge in [0.25, 0.3) is 0 Å². The Morgan fingerprint density at radius 1 is 1.29 bits per heavy atom. The van der Waals surface area contributed by atoms with E-state index in [1.54, 1.807) is 18.5 Å². The highest BCUT2D eigenvalue weighted by Crippen LogP contribution is 2.29. The fraction of sp³-hybridized carbons (Fsp3) is 0.600. The van der Waals surface area contributed by atoms with Crippen LogP contribution in [0.5, 0.6) is 0 Å². The second kappa shape index (κ2) is 9.64. The number of ether oxygens (including phenoxy) is 1. The lowest BCUT2D eigenvalue weighted by Crippen LogP contribution is -2.45. The van der Waals surface area contributed by atoms with Gasteiger partial charge in [0.05, 0.1) is 17.8 Å². The zero-order valence-corrected chi connectivity index (χ0v) is 16.8. The zero-order chi connectivity index (χ0) is 19.9. The summed E-state index contributed by atoms with van der Waals surface area (Å²) in [6, 6.07) is 1.89. The lowest BCUT2D eigenvalue weighted by Gasteiger charge is -2.35. The Bertz CT molecular complexity index is 745. The monoisotopic (exact) mass is 387 g/mol. The number of nitrogens with one attached hydrogen (secondary N) is 2. The summed E-state index contributed by atoms with van der Waals surface area (Å²) in [6.45, 7) is 6.94. The molecule has 0 aliphatic heterocycles. The van der Waals surface area contributed by atoms with Gasteiger partial charge in [0.1, 0.15) is 5.76 Å². The molecule has 0 aromatic carbocycles. The lowest BCUT2D eigenvalue weighted by atomic mass is 9.83. The summed E-state index contributed by atoms with van der Waals surface area (Å²) in [7, 11) is 0. The molecule has 0 radical (unpaired) electrons. The van der Waals surface area contributed by atoms with Gasteiger partial charge in [0.2, 0.25) is 11.9 Å². The fourth-order valence-electron chi connectivity index (χ4n) is 3.60. The van der Waals surface area contributed by atoms with Crippen LogP contribution in [-0.2, 0) is 16.1 Å². The molecule has 1 amide bonds. The molecule has 0 saturated heterocycles. The van der Waals surface area contributed by atoms with Gasteiger partial charge in [0, 0.05) is 37.0 Å².